The van der Waals surface area contributed by atoms with Gasteiger partial charge in [-0.2, -0.15) is 0 Å². The Morgan fingerprint density at radius 2 is 1.81 bits per heavy atom. The van der Waals surface area contributed by atoms with Crippen LogP contribution >= 0.6 is 11.6 Å². The van der Waals surface area contributed by atoms with Gasteiger partial charge >= 0.3 is 0 Å². The Morgan fingerprint density at radius 3 is 2.52 bits per heavy atom. The summed E-state index contributed by atoms with van der Waals surface area (Å²) in [5, 5.41) is 14.8. The summed E-state index contributed by atoms with van der Waals surface area (Å²) >= 11 is 6.15. The first-order chi connectivity index (χ1) is 13.0. The third kappa shape index (κ3) is 4.99. The van der Waals surface area contributed by atoms with Crippen LogP contribution in [-0.4, -0.2) is 4.92 Å². The number of nitrogens with one attached hydrogen (secondary N) is 1. The van der Waals surface area contributed by atoms with Crippen LogP contribution < -0.4 is 10.1 Å². The first-order valence-electron chi connectivity index (χ1n) is 8.47. The van der Waals surface area contributed by atoms with Crippen molar-refractivity contribution in [1.29, 1.82) is 0 Å². The number of hydrogen-bond acceptors (Lipinski definition) is 4. The normalized spacial score (nSPS) is 10.4. The molecule has 138 valence electrons. The molecular formula is C21H19ClN2O3. The first kappa shape index (κ1) is 18.7. The number of ether oxygens (including phenoxy) is 1. The van der Waals surface area contributed by atoms with Gasteiger partial charge in [-0.3, -0.25) is 10.1 Å². The van der Waals surface area contributed by atoms with E-state index in [1.807, 2.05) is 43.3 Å². The summed E-state index contributed by atoms with van der Waals surface area (Å²) in [5.41, 5.74) is 4.07. The lowest BCUT2D eigenvalue weighted by Crippen LogP contribution is -2.04. The van der Waals surface area contributed by atoms with Crippen LogP contribution in [0.2, 0.25) is 5.02 Å². The Bertz CT molecular complexity index is 942. The minimum atomic E-state index is -0.417. The van der Waals surface area contributed by atoms with Crippen molar-refractivity contribution in [2.45, 2.75) is 20.1 Å². The molecule has 5 nitrogen and oxygen atoms in total. The molecule has 0 fully saturated rings. The van der Waals surface area contributed by atoms with Crippen molar-refractivity contribution in [3.8, 4) is 5.75 Å². The fraction of sp³-hybridized carbons (Fsp3) is 0.143. The maximum absolute atomic E-state index is 10.7. The maximum Gasteiger partial charge on any atom is 0.269 e. The van der Waals surface area contributed by atoms with Crippen LogP contribution in [0.1, 0.15) is 16.7 Å². The van der Waals surface area contributed by atoms with Crippen LogP contribution in [0, 0.1) is 17.0 Å². The highest BCUT2D eigenvalue weighted by Crippen LogP contribution is 2.26. The van der Waals surface area contributed by atoms with E-state index in [-0.39, 0.29) is 5.69 Å². The van der Waals surface area contributed by atoms with Crippen LogP contribution in [0.4, 0.5) is 11.4 Å². The molecule has 0 atom stereocenters. The van der Waals surface area contributed by atoms with Gasteiger partial charge < -0.3 is 10.1 Å². The molecule has 0 heterocycles. The highest BCUT2D eigenvalue weighted by Gasteiger charge is 2.08. The number of hydrogen-bond donors (Lipinski definition) is 1. The van der Waals surface area contributed by atoms with Crippen LogP contribution in [0.3, 0.4) is 0 Å². The van der Waals surface area contributed by atoms with E-state index in [9.17, 15) is 10.1 Å². The van der Waals surface area contributed by atoms with Gasteiger partial charge in [-0.15, -0.1) is 0 Å². The molecular weight excluding hydrogens is 364 g/mol. The molecule has 0 amide bonds. The Morgan fingerprint density at radius 1 is 1.07 bits per heavy atom. The summed E-state index contributed by atoms with van der Waals surface area (Å²) in [4.78, 5) is 10.3. The Kier molecular flexibility index (Phi) is 5.94. The molecule has 3 aromatic carbocycles. The number of anilines is 1. The van der Waals surface area contributed by atoms with Gasteiger partial charge in [0.05, 0.1) is 4.92 Å². The smallest absolute Gasteiger partial charge is 0.269 e. The number of halogens is 1. The topological polar surface area (TPSA) is 64.4 Å². The zero-order valence-electron chi connectivity index (χ0n) is 14.8. The molecule has 0 aliphatic carbocycles. The van der Waals surface area contributed by atoms with E-state index >= 15 is 0 Å². The van der Waals surface area contributed by atoms with E-state index in [0.717, 1.165) is 28.1 Å². The van der Waals surface area contributed by atoms with Gasteiger partial charge in [0.1, 0.15) is 12.4 Å². The quantitative estimate of drug-likeness (QED) is 0.417. The molecule has 0 saturated heterocycles. The van der Waals surface area contributed by atoms with Crippen LogP contribution in [0.25, 0.3) is 0 Å². The predicted octanol–water partition coefficient (Wildman–Crippen LogP) is 5.75. The summed E-state index contributed by atoms with van der Waals surface area (Å²) in [6, 6.07) is 19.9. The van der Waals surface area contributed by atoms with Crippen molar-refractivity contribution < 1.29 is 9.66 Å². The molecule has 0 aromatic heterocycles. The minimum Gasteiger partial charge on any atom is -0.489 e. The molecule has 0 saturated carbocycles. The molecule has 27 heavy (non-hydrogen) atoms. The highest BCUT2D eigenvalue weighted by atomic mass is 35.5. The van der Waals surface area contributed by atoms with E-state index in [4.69, 9.17) is 16.3 Å². The molecule has 0 radical (unpaired) electrons. The third-order valence-corrected chi connectivity index (χ3v) is 4.41. The molecule has 0 unspecified atom stereocenters. The molecule has 0 bridgehead atoms. The van der Waals surface area contributed by atoms with Crippen LogP contribution in [0.15, 0.2) is 66.7 Å². The number of benzene rings is 3. The monoisotopic (exact) mass is 382 g/mol. The number of rotatable bonds is 7. The second-order valence-electron chi connectivity index (χ2n) is 6.13. The lowest BCUT2D eigenvalue weighted by molar-refractivity contribution is -0.384. The summed E-state index contributed by atoms with van der Waals surface area (Å²) in [6.45, 7) is 2.93. The Labute approximate surface area is 162 Å². The van der Waals surface area contributed by atoms with Crippen molar-refractivity contribution in [2.24, 2.45) is 0 Å². The number of non-ortho nitro benzene ring substituents is 1. The van der Waals surface area contributed by atoms with Crippen LogP contribution in [-0.2, 0) is 13.2 Å². The third-order valence-electron chi connectivity index (χ3n) is 4.18. The predicted molar refractivity (Wildman–Crippen MR) is 107 cm³/mol. The molecule has 6 heteroatoms. The average molecular weight is 383 g/mol. The standard InChI is InChI=1S/C21H19ClN2O3/c1-15-4-2-3-5-20(15)23-13-17-12-18(22)8-11-21(17)27-14-16-6-9-19(10-7-16)24(25)26/h2-12,23H,13-14H2,1H3. The van der Waals surface area contributed by atoms with E-state index in [1.54, 1.807) is 18.2 Å². The molecule has 1 N–H and O–H groups in total. The number of nitro groups is 1. The first-order valence-corrected chi connectivity index (χ1v) is 8.85. The maximum atomic E-state index is 10.7. The summed E-state index contributed by atoms with van der Waals surface area (Å²) in [6.07, 6.45) is 0. The summed E-state index contributed by atoms with van der Waals surface area (Å²) < 4.78 is 5.93. The SMILES string of the molecule is Cc1ccccc1NCc1cc(Cl)ccc1OCc1ccc([N+](=O)[O-])cc1. The van der Waals surface area contributed by atoms with Crippen molar-refractivity contribution in [1.82, 2.24) is 0 Å². The highest BCUT2D eigenvalue weighted by molar-refractivity contribution is 6.30. The lowest BCUT2D eigenvalue weighted by Gasteiger charge is -2.14. The summed E-state index contributed by atoms with van der Waals surface area (Å²) in [7, 11) is 0. The zero-order valence-corrected chi connectivity index (χ0v) is 15.6. The Hall–Kier alpha value is -3.05. The number of nitro benzene ring substituents is 1. The van der Waals surface area contributed by atoms with E-state index in [0.29, 0.717) is 18.2 Å². The molecule has 0 aliphatic rings. The van der Waals surface area contributed by atoms with Crippen molar-refractivity contribution in [2.75, 3.05) is 5.32 Å². The van der Waals surface area contributed by atoms with Crippen molar-refractivity contribution >= 4 is 23.0 Å². The van der Waals surface area contributed by atoms with Gasteiger partial charge in [-0.05, 0) is 54.4 Å². The molecule has 0 spiro atoms. The molecule has 3 rings (SSSR count). The number of aryl methyl sites for hydroxylation is 1. The van der Waals surface area contributed by atoms with E-state index in [2.05, 4.69) is 5.32 Å². The second-order valence-corrected chi connectivity index (χ2v) is 6.57. The summed E-state index contributed by atoms with van der Waals surface area (Å²) in [5.74, 6) is 0.721. The molecule has 3 aromatic rings. The average Bonchev–Trinajstić information content (AvgIpc) is 2.67. The minimum absolute atomic E-state index is 0.0633. The molecule has 0 aliphatic heterocycles. The van der Waals surface area contributed by atoms with Crippen molar-refractivity contribution in [3.05, 3.63) is 98.6 Å². The van der Waals surface area contributed by atoms with Crippen LogP contribution in [0.5, 0.6) is 5.75 Å². The van der Waals surface area contributed by atoms with E-state index < -0.39 is 4.92 Å². The number of para-hydroxylation sites is 1. The fourth-order valence-corrected chi connectivity index (χ4v) is 2.86. The fourth-order valence-electron chi connectivity index (χ4n) is 2.66. The van der Waals surface area contributed by atoms with Crippen molar-refractivity contribution in [3.63, 3.8) is 0 Å². The van der Waals surface area contributed by atoms with Gasteiger partial charge in [-0.25, -0.2) is 0 Å². The second kappa shape index (κ2) is 8.56. The van der Waals surface area contributed by atoms with Gasteiger partial charge in [0.15, 0.2) is 0 Å². The van der Waals surface area contributed by atoms with Gasteiger partial charge in [-0.1, -0.05) is 29.8 Å². The van der Waals surface area contributed by atoms with Gasteiger partial charge in [0, 0.05) is 35.0 Å². The van der Waals surface area contributed by atoms with Gasteiger partial charge in [0.25, 0.3) is 5.69 Å². The zero-order chi connectivity index (χ0) is 19.2. The largest absolute Gasteiger partial charge is 0.489 e. The van der Waals surface area contributed by atoms with Gasteiger partial charge in [0.2, 0.25) is 0 Å². The number of nitrogens with zero attached hydrogens (tertiary/aromatic N) is 1. The lowest BCUT2D eigenvalue weighted by atomic mass is 10.1. The van der Waals surface area contributed by atoms with E-state index in [1.165, 1.54) is 12.1 Å². The Balaban J connectivity index is 1.70.